The molecule has 102 valence electrons. The normalized spacial score (nSPS) is 10.8. The number of H-pyrrole nitrogens is 1. The van der Waals surface area contributed by atoms with Crippen molar-refractivity contribution < 1.29 is 4.79 Å². The number of carbonyl (C=O) groups excluding carboxylic acids is 1. The third-order valence-electron chi connectivity index (χ3n) is 3.17. The number of amides is 1. The molecule has 0 saturated carbocycles. The first-order chi connectivity index (χ1) is 9.84. The number of hydrogen-bond acceptors (Lipinski definition) is 3. The number of rotatable bonds is 5. The van der Waals surface area contributed by atoms with E-state index in [9.17, 15) is 4.79 Å². The van der Waals surface area contributed by atoms with E-state index in [-0.39, 0.29) is 11.7 Å². The van der Waals surface area contributed by atoms with Crippen LogP contribution in [0.3, 0.4) is 0 Å². The average molecular weight is 269 g/mol. The van der Waals surface area contributed by atoms with Crippen LogP contribution in [0.2, 0.25) is 0 Å². The summed E-state index contributed by atoms with van der Waals surface area (Å²) in [6, 6.07) is 10.4. The number of aromatic amines is 1. The maximum absolute atomic E-state index is 11.6. The van der Waals surface area contributed by atoms with Gasteiger partial charge >= 0.3 is 0 Å². The van der Waals surface area contributed by atoms with Gasteiger partial charge < -0.3 is 9.88 Å². The summed E-state index contributed by atoms with van der Waals surface area (Å²) < 4.78 is 2.19. The van der Waals surface area contributed by atoms with Gasteiger partial charge in [0.05, 0.1) is 0 Å². The molecule has 0 saturated heterocycles. The summed E-state index contributed by atoms with van der Waals surface area (Å²) >= 11 is 0. The van der Waals surface area contributed by atoms with Gasteiger partial charge in [0.2, 0.25) is 5.82 Å². The minimum absolute atomic E-state index is 0.222. The lowest BCUT2D eigenvalue weighted by molar-refractivity contribution is 0.0943. The predicted octanol–water partition coefficient (Wildman–Crippen LogP) is 1.58. The van der Waals surface area contributed by atoms with Gasteiger partial charge in [0.15, 0.2) is 0 Å². The summed E-state index contributed by atoms with van der Waals surface area (Å²) in [5.41, 5.74) is 1.22. The van der Waals surface area contributed by atoms with Crippen LogP contribution >= 0.6 is 0 Å². The van der Waals surface area contributed by atoms with Crippen LogP contribution in [0.25, 0.3) is 10.9 Å². The maximum Gasteiger partial charge on any atom is 0.288 e. The molecule has 0 aliphatic carbocycles. The van der Waals surface area contributed by atoms with Crippen molar-refractivity contribution in [2.75, 3.05) is 6.54 Å². The van der Waals surface area contributed by atoms with Crippen molar-refractivity contribution in [3.63, 3.8) is 0 Å². The number of nitrogens with zero attached hydrogens (tertiary/aromatic N) is 3. The predicted molar refractivity (Wildman–Crippen MR) is 75.3 cm³/mol. The summed E-state index contributed by atoms with van der Waals surface area (Å²) in [5, 5.41) is 10.2. The first kappa shape index (κ1) is 12.4. The molecule has 0 aliphatic rings. The Hall–Kier alpha value is -2.63. The van der Waals surface area contributed by atoms with Crippen LogP contribution < -0.4 is 5.32 Å². The minimum atomic E-state index is -0.222. The molecule has 0 fully saturated rings. The van der Waals surface area contributed by atoms with Gasteiger partial charge in [0.1, 0.15) is 6.33 Å². The molecular formula is C14H15N5O. The maximum atomic E-state index is 11.6. The number of benzene rings is 1. The lowest BCUT2D eigenvalue weighted by Crippen LogP contribution is -2.26. The molecule has 0 spiro atoms. The van der Waals surface area contributed by atoms with Crippen LogP contribution in [-0.2, 0) is 6.54 Å². The van der Waals surface area contributed by atoms with Crippen LogP contribution in [0.1, 0.15) is 17.0 Å². The van der Waals surface area contributed by atoms with Crippen molar-refractivity contribution in [1.29, 1.82) is 0 Å². The average Bonchev–Trinajstić information content (AvgIpc) is 3.13. The van der Waals surface area contributed by atoms with E-state index in [1.165, 1.54) is 17.2 Å². The molecule has 20 heavy (non-hydrogen) atoms. The largest absolute Gasteiger partial charge is 0.349 e. The molecule has 2 N–H and O–H groups in total. The van der Waals surface area contributed by atoms with Crippen molar-refractivity contribution in [2.45, 2.75) is 13.0 Å². The third kappa shape index (κ3) is 2.54. The molecule has 3 rings (SSSR count). The molecule has 0 radical (unpaired) electrons. The Morgan fingerprint density at radius 3 is 3.05 bits per heavy atom. The quantitative estimate of drug-likeness (QED) is 0.690. The summed E-state index contributed by atoms with van der Waals surface area (Å²) in [7, 11) is 0. The van der Waals surface area contributed by atoms with Gasteiger partial charge in [-0.2, -0.15) is 5.10 Å². The fourth-order valence-corrected chi connectivity index (χ4v) is 2.19. The number of para-hydroxylation sites is 1. The zero-order valence-electron chi connectivity index (χ0n) is 10.9. The topological polar surface area (TPSA) is 75.6 Å². The second-order valence-electron chi connectivity index (χ2n) is 4.51. The molecular weight excluding hydrogens is 254 g/mol. The van der Waals surface area contributed by atoms with E-state index in [1.54, 1.807) is 0 Å². The van der Waals surface area contributed by atoms with Gasteiger partial charge in [-0.05, 0) is 23.9 Å². The summed E-state index contributed by atoms with van der Waals surface area (Å²) in [6.45, 7) is 1.47. The van der Waals surface area contributed by atoms with Crippen molar-refractivity contribution in [1.82, 2.24) is 25.1 Å². The van der Waals surface area contributed by atoms with Gasteiger partial charge in [-0.3, -0.25) is 9.89 Å². The second-order valence-corrected chi connectivity index (χ2v) is 4.51. The van der Waals surface area contributed by atoms with Crippen LogP contribution in [0, 0.1) is 0 Å². The third-order valence-corrected chi connectivity index (χ3v) is 3.17. The van der Waals surface area contributed by atoms with E-state index in [0.29, 0.717) is 6.54 Å². The molecule has 3 aromatic rings. The number of aryl methyl sites for hydroxylation is 1. The van der Waals surface area contributed by atoms with Gasteiger partial charge in [0, 0.05) is 24.8 Å². The molecule has 6 heteroatoms. The first-order valence-electron chi connectivity index (χ1n) is 6.52. The van der Waals surface area contributed by atoms with Gasteiger partial charge in [-0.15, -0.1) is 0 Å². The highest BCUT2D eigenvalue weighted by atomic mass is 16.2. The van der Waals surface area contributed by atoms with E-state index >= 15 is 0 Å². The molecule has 1 amide bonds. The lowest BCUT2D eigenvalue weighted by atomic mass is 10.2. The number of aromatic nitrogens is 4. The van der Waals surface area contributed by atoms with Gasteiger partial charge in [-0.25, -0.2) is 4.98 Å². The van der Waals surface area contributed by atoms with E-state index in [0.717, 1.165) is 13.0 Å². The molecule has 0 bridgehead atoms. The van der Waals surface area contributed by atoms with E-state index in [2.05, 4.69) is 49.5 Å². The van der Waals surface area contributed by atoms with Crippen molar-refractivity contribution in [3.8, 4) is 0 Å². The summed E-state index contributed by atoms with van der Waals surface area (Å²) in [6.07, 6.45) is 4.25. The van der Waals surface area contributed by atoms with Crippen molar-refractivity contribution >= 4 is 16.8 Å². The molecule has 2 aromatic heterocycles. The SMILES string of the molecule is O=C(NCCCn1ccc2ccccc21)c1ncn[nH]1. The zero-order chi connectivity index (χ0) is 13.8. The molecule has 2 heterocycles. The smallest absolute Gasteiger partial charge is 0.288 e. The van der Waals surface area contributed by atoms with Crippen LogP contribution in [-0.4, -0.2) is 32.2 Å². The Morgan fingerprint density at radius 1 is 1.30 bits per heavy atom. The monoisotopic (exact) mass is 269 g/mol. The van der Waals surface area contributed by atoms with Crippen LogP contribution in [0.15, 0.2) is 42.9 Å². The number of hydrogen-bond donors (Lipinski definition) is 2. The second kappa shape index (κ2) is 5.56. The lowest BCUT2D eigenvalue weighted by Gasteiger charge is -2.06. The summed E-state index contributed by atoms with van der Waals surface area (Å²) in [5.74, 6) is 0.0243. The highest BCUT2D eigenvalue weighted by Crippen LogP contribution is 2.15. The highest BCUT2D eigenvalue weighted by molar-refractivity contribution is 5.90. The van der Waals surface area contributed by atoms with Crippen molar-refractivity contribution in [2.24, 2.45) is 0 Å². The Balaban J connectivity index is 1.52. The van der Waals surface area contributed by atoms with Gasteiger partial charge in [-0.1, -0.05) is 18.2 Å². The standard InChI is InChI=1S/C14H15N5O/c20-14(13-16-10-17-18-13)15-7-3-8-19-9-6-11-4-1-2-5-12(11)19/h1-2,4-6,9-10H,3,7-8H2,(H,15,20)(H,16,17,18). The number of fused-ring (bicyclic) bond motifs is 1. The Bertz CT molecular complexity index is 701. The fraction of sp³-hybridized carbons (Fsp3) is 0.214. The number of carbonyl (C=O) groups is 1. The van der Waals surface area contributed by atoms with E-state index in [4.69, 9.17) is 0 Å². The molecule has 0 aliphatic heterocycles. The Morgan fingerprint density at radius 2 is 2.20 bits per heavy atom. The van der Waals surface area contributed by atoms with Gasteiger partial charge in [0.25, 0.3) is 5.91 Å². The Kier molecular flexibility index (Phi) is 3.45. The van der Waals surface area contributed by atoms with Crippen LogP contribution in [0.4, 0.5) is 0 Å². The van der Waals surface area contributed by atoms with E-state index < -0.39 is 0 Å². The molecule has 0 unspecified atom stereocenters. The minimum Gasteiger partial charge on any atom is -0.349 e. The first-order valence-corrected chi connectivity index (χ1v) is 6.52. The highest BCUT2D eigenvalue weighted by Gasteiger charge is 2.07. The molecule has 0 atom stereocenters. The van der Waals surface area contributed by atoms with Crippen LogP contribution in [0.5, 0.6) is 0 Å². The van der Waals surface area contributed by atoms with E-state index in [1.807, 2.05) is 12.1 Å². The summed E-state index contributed by atoms with van der Waals surface area (Å²) in [4.78, 5) is 15.4. The zero-order valence-corrected chi connectivity index (χ0v) is 10.9. The van der Waals surface area contributed by atoms with Crippen molar-refractivity contribution in [3.05, 3.63) is 48.7 Å². The fourth-order valence-electron chi connectivity index (χ4n) is 2.19. The molecule has 6 nitrogen and oxygen atoms in total. The molecule has 1 aromatic carbocycles. The Labute approximate surface area is 115 Å². The number of nitrogens with one attached hydrogen (secondary N) is 2.